The zero-order valence-electron chi connectivity index (χ0n) is 35.7. The Hall–Kier alpha value is -2.29. The predicted molar refractivity (Wildman–Crippen MR) is 259 cm³/mol. The molecule has 5 aromatic heterocycles. The molecule has 2 unspecified atom stereocenters. The first kappa shape index (κ1) is 42.8. The zero-order chi connectivity index (χ0) is 40.1. The lowest BCUT2D eigenvalue weighted by Gasteiger charge is -2.16. The molecule has 0 N–H and O–H groups in total. The Balaban J connectivity index is 1.32. The molecule has 0 bridgehead atoms. The average Bonchev–Trinajstić information content (AvgIpc) is 4.07. The molecule has 1 amide bonds. The highest BCUT2D eigenvalue weighted by molar-refractivity contribution is 7.28. The maximum Gasteiger partial charge on any atom is 0.256 e. The first-order valence-electron chi connectivity index (χ1n) is 22.4. The van der Waals surface area contributed by atoms with Crippen LogP contribution in [-0.4, -0.2) is 17.4 Å². The number of hydrogen-bond acceptors (Lipinski definition) is 6. The van der Waals surface area contributed by atoms with E-state index in [9.17, 15) is 4.79 Å². The highest BCUT2D eigenvalue weighted by Crippen LogP contribution is 2.54. The third-order valence-electron chi connectivity index (χ3n) is 12.5. The highest BCUT2D eigenvalue weighted by atomic mass is 32.1. The highest BCUT2D eigenvalue weighted by Gasteiger charge is 2.35. The minimum absolute atomic E-state index is 0.250. The van der Waals surface area contributed by atoms with Gasteiger partial charge in [0.2, 0.25) is 0 Å². The number of unbranched alkanes of at least 4 members (excludes halogenated alkanes) is 7. The molecule has 306 valence electrons. The summed E-state index contributed by atoms with van der Waals surface area (Å²) < 4.78 is 2.80. The van der Waals surface area contributed by atoms with Crippen LogP contribution in [0.25, 0.3) is 50.8 Å². The molecule has 0 radical (unpaired) electrons. The van der Waals surface area contributed by atoms with E-state index in [1.165, 1.54) is 172 Å². The van der Waals surface area contributed by atoms with Gasteiger partial charge in [0.1, 0.15) is 0 Å². The number of fused-ring (bicyclic) bond motifs is 3. The molecule has 6 heterocycles. The number of thiophene rings is 5. The smallest absolute Gasteiger partial charge is 0.256 e. The van der Waals surface area contributed by atoms with Gasteiger partial charge in [0.15, 0.2) is 0 Å². The number of amides is 1. The van der Waals surface area contributed by atoms with E-state index in [1.54, 1.807) is 0 Å². The van der Waals surface area contributed by atoms with Crippen molar-refractivity contribution in [2.45, 2.75) is 158 Å². The largest absolute Gasteiger partial charge is 0.334 e. The number of nitrogens with zero attached hydrogens (tertiary/aromatic N) is 1. The van der Waals surface area contributed by atoms with Crippen LogP contribution in [0.5, 0.6) is 0 Å². The molecule has 0 saturated heterocycles. The summed E-state index contributed by atoms with van der Waals surface area (Å²) in [6, 6.07) is 14.7. The normalized spacial score (nSPS) is 14.2. The van der Waals surface area contributed by atoms with Gasteiger partial charge in [-0.3, -0.25) is 4.79 Å². The van der Waals surface area contributed by atoms with Gasteiger partial charge in [0, 0.05) is 78.5 Å². The monoisotopic (exact) mass is 855 g/mol. The Morgan fingerprint density at radius 3 is 1.75 bits per heavy atom. The second-order valence-electron chi connectivity index (χ2n) is 16.8. The summed E-state index contributed by atoms with van der Waals surface area (Å²) in [6.07, 6.45) is 20.1. The Morgan fingerprint density at radius 2 is 1.16 bits per heavy atom. The minimum Gasteiger partial charge on any atom is -0.334 e. The van der Waals surface area contributed by atoms with E-state index in [4.69, 9.17) is 0 Å². The molecule has 7 rings (SSSR count). The van der Waals surface area contributed by atoms with E-state index in [2.05, 4.69) is 89.8 Å². The number of hydrogen-bond donors (Lipinski definition) is 0. The van der Waals surface area contributed by atoms with Crippen molar-refractivity contribution in [2.75, 3.05) is 6.54 Å². The fourth-order valence-electron chi connectivity index (χ4n) is 9.05. The molecule has 57 heavy (non-hydrogen) atoms. The Kier molecular flexibility index (Phi) is 14.9. The van der Waals surface area contributed by atoms with Crippen molar-refractivity contribution in [1.82, 2.24) is 4.90 Å². The van der Waals surface area contributed by atoms with Crippen LogP contribution >= 0.6 is 56.7 Å². The number of benzene rings is 1. The summed E-state index contributed by atoms with van der Waals surface area (Å²) in [5.41, 5.74) is 5.08. The van der Waals surface area contributed by atoms with Crippen LogP contribution in [0, 0.1) is 25.7 Å². The van der Waals surface area contributed by atoms with Gasteiger partial charge in [-0.05, 0) is 86.9 Å². The van der Waals surface area contributed by atoms with Crippen LogP contribution in [0.3, 0.4) is 0 Å². The van der Waals surface area contributed by atoms with Gasteiger partial charge in [0.05, 0.1) is 10.4 Å². The van der Waals surface area contributed by atoms with Crippen LogP contribution in [-0.2, 0) is 19.4 Å². The van der Waals surface area contributed by atoms with Crippen molar-refractivity contribution in [1.29, 1.82) is 0 Å². The molecule has 0 fully saturated rings. The first-order valence-corrected chi connectivity index (χ1v) is 26.5. The number of aryl methyl sites for hydroxylation is 2. The summed E-state index contributed by atoms with van der Waals surface area (Å²) in [7, 11) is 0. The topological polar surface area (TPSA) is 20.3 Å². The summed E-state index contributed by atoms with van der Waals surface area (Å²) in [5.74, 6) is 1.75. The molecule has 1 aromatic carbocycles. The molecular formula is C50H65NOS5. The predicted octanol–water partition coefficient (Wildman–Crippen LogP) is 17.8. The molecule has 0 aliphatic carbocycles. The summed E-state index contributed by atoms with van der Waals surface area (Å²) in [6.45, 7) is 17.8. The summed E-state index contributed by atoms with van der Waals surface area (Å²) in [5, 5.41) is 2.77. The van der Waals surface area contributed by atoms with Crippen molar-refractivity contribution in [3.63, 3.8) is 0 Å². The summed E-state index contributed by atoms with van der Waals surface area (Å²) in [4.78, 5) is 27.3. The molecule has 0 saturated carbocycles. The summed E-state index contributed by atoms with van der Waals surface area (Å²) >= 11 is 9.80. The van der Waals surface area contributed by atoms with Crippen LogP contribution in [0.15, 0.2) is 36.4 Å². The van der Waals surface area contributed by atoms with E-state index < -0.39 is 0 Å². The van der Waals surface area contributed by atoms with Crippen molar-refractivity contribution in [2.24, 2.45) is 11.8 Å². The Labute approximate surface area is 363 Å². The molecule has 2 nitrogen and oxygen atoms in total. The zero-order valence-corrected chi connectivity index (χ0v) is 39.8. The van der Waals surface area contributed by atoms with Crippen LogP contribution in [0.4, 0.5) is 0 Å². The van der Waals surface area contributed by atoms with Gasteiger partial charge >= 0.3 is 0 Å². The van der Waals surface area contributed by atoms with Gasteiger partial charge < -0.3 is 4.90 Å². The van der Waals surface area contributed by atoms with Crippen LogP contribution in [0.2, 0.25) is 0 Å². The number of carbonyl (C=O) groups is 1. The fraction of sp³-hybridized carbons (Fsp3) is 0.540. The number of carbonyl (C=O) groups excluding carboxylic acids is 1. The minimum atomic E-state index is 0.250. The van der Waals surface area contributed by atoms with E-state index in [0.717, 1.165) is 36.9 Å². The molecular weight excluding hydrogens is 791 g/mol. The van der Waals surface area contributed by atoms with Crippen LogP contribution in [0.1, 0.15) is 160 Å². The molecule has 2 atom stereocenters. The van der Waals surface area contributed by atoms with Crippen molar-refractivity contribution >= 4 is 82.8 Å². The van der Waals surface area contributed by atoms with E-state index in [0.29, 0.717) is 0 Å². The third kappa shape index (κ3) is 9.38. The average molecular weight is 856 g/mol. The SMILES string of the molecule is CCCCCCCCN1Cc2c(C)sc(-c3cc4c(-c5ccc(CC(CC)CCCC)s5)c5sc(C)cc5c(-c5ccc(CC(CC)CCCC)s5)c4s3)c2C1=O. The molecule has 0 spiro atoms. The number of rotatable bonds is 22. The lowest BCUT2D eigenvalue weighted by atomic mass is 9.95. The molecule has 6 aromatic rings. The van der Waals surface area contributed by atoms with Gasteiger partial charge in [-0.25, -0.2) is 0 Å². The molecule has 1 aliphatic heterocycles. The van der Waals surface area contributed by atoms with E-state index in [1.807, 2.05) is 56.7 Å². The maximum absolute atomic E-state index is 14.3. The quantitative estimate of drug-likeness (QED) is 0.0623. The lowest BCUT2D eigenvalue weighted by molar-refractivity contribution is 0.0776. The Bertz CT molecular complexity index is 2140. The van der Waals surface area contributed by atoms with Gasteiger partial charge in [-0.2, -0.15) is 0 Å². The Morgan fingerprint density at radius 1 is 0.596 bits per heavy atom. The van der Waals surface area contributed by atoms with Crippen molar-refractivity contribution in [3.05, 3.63) is 67.0 Å². The molecule has 7 heteroatoms. The first-order chi connectivity index (χ1) is 27.8. The fourth-order valence-corrected chi connectivity index (χ4v) is 15.1. The van der Waals surface area contributed by atoms with E-state index >= 15 is 0 Å². The van der Waals surface area contributed by atoms with Gasteiger partial charge in [-0.15, -0.1) is 56.7 Å². The molecule has 1 aliphatic rings. The second kappa shape index (κ2) is 19.8. The van der Waals surface area contributed by atoms with Crippen molar-refractivity contribution in [3.8, 4) is 30.6 Å². The van der Waals surface area contributed by atoms with Crippen molar-refractivity contribution < 1.29 is 4.79 Å². The maximum atomic E-state index is 14.3. The van der Waals surface area contributed by atoms with Gasteiger partial charge in [0.25, 0.3) is 5.91 Å². The second-order valence-corrected chi connectivity index (χ2v) is 22.7. The van der Waals surface area contributed by atoms with Crippen LogP contribution < -0.4 is 0 Å². The van der Waals surface area contributed by atoms with Gasteiger partial charge in [-0.1, -0.05) is 118 Å². The van der Waals surface area contributed by atoms with E-state index in [-0.39, 0.29) is 5.91 Å². The third-order valence-corrected chi connectivity index (χ3v) is 18.3. The standard InChI is InChI=1S/C50H65NOS5/c1-8-13-16-17-18-19-26-51-31-40-33(7)54-49(46(40)50(51)52)43-30-39-45(42-25-23-37(56-42)29-35(12-5)21-15-10-3)47-38(27-32(6)53-47)44(48(39)57-43)41-24-22-36(55-41)28-34(11-4)20-14-9-2/h22-25,27,30,34-35H,8-21,26,28-29,31H2,1-7H3. The lowest BCUT2D eigenvalue weighted by Crippen LogP contribution is -2.25.